The van der Waals surface area contributed by atoms with Gasteiger partial charge in [-0.3, -0.25) is 4.90 Å². The average Bonchev–Trinajstić information content (AvgIpc) is 3.43. The normalized spacial score (nSPS) is 17.3. The number of ketones is 1. The highest BCUT2D eigenvalue weighted by Crippen LogP contribution is 2.35. The van der Waals surface area contributed by atoms with E-state index >= 15 is 0 Å². The third-order valence-corrected chi connectivity index (χ3v) is 9.21. The van der Waals surface area contributed by atoms with Gasteiger partial charge in [-0.05, 0) is 67.9 Å². The summed E-state index contributed by atoms with van der Waals surface area (Å²) >= 11 is 0. The molecule has 3 atom stereocenters. The summed E-state index contributed by atoms with van der Waals surface area (Å²) in [6.07, 6.45) is -2.26. The maximum Gasteiger partial charge on any atom is 0.409 e. The zero-order chi connectivity index (χ0) is 30.4. The van der Waals surface area contributed by atoms with Crippen LogP contribution in [0, 0.1) is 5.41 Å². The summed E-state index contributed by atoms with van der Waals surface area (Å²) in [6, 6.07) is 12.8. The van der Waals surface area contributed by atoms with Gasteiger partial charge in [0.2, 0.25) is 10.0 Å². The molecule has 2 aromatic rings. The number of sulfonamides is 1. The first kappa shape index (κ1) is 32.5. The van der Waals surface area contributed by atoms with Crippen LogP contribution in [-0.4, -0.2) is 78.3 Å². The summed E-state index contributed by atoms with van der Waals surface area (Å²) in [5.74, 6) is 0.592. The molecule has 1 amide bonds. The minimum absolute atomic E-state index is 0.0507. The molecule has 1 fully saturated rings. The van der Waals surface area contributed by atoms with Crippen LogP contribution in [0.15, 0.2) is 53.4 Å². The SMILES string of the molecule is COc1ccc(S(=O)(=O)N(Cc2ccccc2)[C@@H]([C@@H](C)O)N(C(=O)O)[C@H]2CCOC2)cc1CC(C)(C)CCC(C)=O. The van der Waals surface area contributed by atoms with Gasteiger partial charge in [0, 0.05) is 19.6 Å². The number of carbonyl (C=O) groups excluding carboxylic acids is 1. The van der Waals surface area contributed by atoms with Gasteiger partial charge in [0.25, 0.3) is 0 Å². The maximum absolute atomic E-state index is 14.4. The second-order valence-corrected chi connectivity index (χ2v) is 13.3. The largest absolute Gasteiger partial charge is 0.496 e. The van der Waals surface area contributed by atoms with Crippen molar-refractivity contribution in [3.8, 4) is 5.75 Å². The topological polar surface area (TPSA) is 134 Å². The number of amides is 1. The molecule has 1 saturated heterocycles. The standard InChI is InChI=1S/C30H42N2O8S/c1-21(33)13-15-30(3,4)18-24-17-26(11-12-27(24)39-5)41(37,38)31(19-23-9-7-6-8-10-23)28(22(2)34)32(29(35)36)25-14-16-40-20-25/h6-12,17,22,25,28,34H,13-16,18-20H2,1-5H3,(H,35,36)/t22-,25+,28-/m1/s1. The Morgan fingerprint density at radius 1 is 1.17 bits per heavy atom. The van der Waals surface area contributed by atoms with E-state index in [1.54, 1.807) is 49.4 Å². The van der Waals surface area contributed by atoms with E-state index in [4.69, 9.17) is 9.47 Å². The molecule has 0 bridgehead atoms. The predicted molar refractivity (Wildman–Crippen MR) is 154 cm³/mol. The van der Waals surface area contributed by atoms with Gasteiger partial charge in [0.15, 0.2) is 0 Å². The molecule has 1 aliphatic heterocycles. The molecular weight excluding hydrogens is 548 g/mol. The fourth-order valence-corrected chi connectivity index (χ4v) is 6.91. The number of carboxylic acid groups (broad SMARTS) is 1. The molecule has 2 aromatic carbocycles. The molecule has 0 aliphatic carbocycles. The first-order valence-corrected chi connectivity index (χ1v) is 15.2. The van der Waals surface area contributed by atoms with Crippen LogP contribution in [0.3, 0.4) is 0 Å². The quantitative estimate of drug-likeness (QED) is 0.311. The molecule has 41 heavy (non-hydrogen) atoms. The summed E-state index contributed by atoms with van der Waals surface area (Å²) in [4.78, 5) is 25.1. The van der Waals surface area contributed by atoms with Gasteiger partial charge in [-0.15, -0.1) is 0 Å². The van der Waals surface area contributed by atoms with E-state index in [1.165, 1.54) is 20.1 Å². The summed E-state index contributed by atoms with van der Waals surface area (Å²) in [5.41, 5.74) is 0.957. The van der Waals surface area contributed by atoms with Crippen molar-refractivity contribution in [1.29, 1.82) is 0 Å². The lowest BCUT2D eigenvalue weighted by Gasteiger charge is -2.41. The number of aliphatic hydroxyl groups is 1. The van der Waals surface area contributed by atoms with Crippen LogP contribution >= 0.6 is 0 Å². The number of aliphatic hydroxyl groups excluding tert-OH is 1. The van der Waals surface area contributed by atoms with E-state index in [0.29, 0.717) is 49.2 Å². The molecule has 0 radical (unpaired) electrons. The van der Waals surface area contributed by atoms with E-state index < -0.39 is 34.4 Å². The summed E-state index contributed by atoms with van der Waals surface area (Å²) in [7, 11) is -2.85. The minimum Gasteiger partial charge on any atom is -0.496 e. The lowest BCUT2D eigenvalue weighted by molar-refractivity contribution is -0.117. The van der Waals surface area contributed by atoms with E-state index in [2.05, 4.69) is 0 Å². The Morgan fingerprint density at radius 2 is 1.85 bits per heavy atom. The van der Waals surface area contributed by atoms with Gasteiger partial charge >= 0.3 is 6.09 Å². The molecule has 1 heterocycles. The van der Waals surface area contributed by atoms with Crippen molar-refractivity contribution < 1.29 is 37.7 Å². The van der Waals surface area contributed by atoms with Crippen LogP contribution in [0.1, 0.15) is 58.1 Å². The van der Waals surface area contributed by atoms with Crippen molar-refractivity contribution in [3.05, 3.63) is 59.7 Å². The maximum atomic E-state index is 14.4. The number of benzene rings is 2. The van der Waals surface area contributed by atoms with Gasteiger partial charge < -0.3 is 24.5 Å². The van der Waals surface area contributed by atoms with E-state index in [9.17, 15) is 28.2 Å². The van der Waals surface area contributed by atoms with Gasteiger partial charge in [0.1, 0.15) is 17.7 Å². The first-order valence-electron chi connectivity index (χ1n) is 13.8. The molecular formula is C30H42N2O8S. The smallest absolute Gasteiger partial charge is 0.409 e. The predicted octanol–water partition coefficient (Wildman–Crippen LogP) is 4.30. The first-order chi connectivity index (χ1) is 19.3. The molecule has 3 rings (SSSR count). The fourth-order valence-electron chi connectivity index (χ4n) is 5.23. The third-order valence-electron chi connectivity index (χ3n) is 7.39. The number of nitrogens with zero attached hydrogens (tertiary/aromatic N) is 2. The Kier molecular flexibility index (Phi) is 10.9. The third kappa shape index (κ3) is 8.28. The van der Waals surface area contributed by atoms with E-state index in [-0.39, 0.29) is 29.2 Å². The lowest BCUT2D eigenvalue weighted by Crippen LogP contribution is -2.60. The molecule has 0 aromatic heterocycles. The lowest BCUT2D eigenvalue weighted by atomic mass is 9.81. The highest BCUT2D eigenvalue weighted by molar-refractivity contribution is 7.89. The van der Waals surface area contributed by atoms with Gasteiger partial charge in [0.05, 0.1) is 30.8 Å². The van der Waals surface area contributed by atoms with Crippen molar-refractivity contribution in [1.82, 2.24) is 9.21 Å². The van der Waals surface area contributed by atoms with E-state index in [1.807, 2.05) is 13.8 Å². The van der Waals surface area contributed by atoms with Crippen LogP contribution in [0.4, 0.5) is 4.79 Å². The van der Waals surface area contributed by atoms with Crippen molar-refractivity contribution in [2.45, 2.75) is 83.1 Å². The minimum atomic E-state index is -4.36. The number of ether oxygens (including phenoxy) is 2. The number of hydrogen-bond donors (Lipinski definition) is 2. The summed E-state index contributed by atoms with van der Waals surface area (Å²) in [6.45, 7) is 7.24. The van der Waals surface area contributed by atoms with Crippen molar-refractivity contribution in [2.24, 2.45) is 5.41 Å². The van der Waals surface area contributed by atoms with E-state index in [0.717, 1.165) is 9.21 Å². The zero-order valence-corrected chi connectivity index (χ0v) is 25.3. The van der Waals surface area contributed by atoms with Gasteiger partial charge in [-0.2, -0.15) is 4.31 Å². The number of carbonyl (C=O) groups is 2. The van der Waals surface area contributed by atoms with Crippen LogP contribution in [-0.2, 0) is 32.5 Å². The van der Waals surface area contributed by atoms with Gasteiger partial charge in [-0.1, -0.05) is 44.2 Å². The Hall–Kier alpha value is -2.99. The van der Waals surface area contributed by atoms with Crippen LogP contribution in [0.25, 0.3) is 0 Å². The number of methoxy groups -OCH3 is 1. The monoisotopic (exact) mass is 590 g/mol. The van der Waals surface area contributed by atoms with Crippen molar-refractivity contribution in [3.63, 3.8) is 0 Å². The van der Waals surface area contributed by atoms with Gasteiger partial charge in [-0.25, -0.2) is 13.2 Å². The number of Topliss-reactive ketones (excluding diaryl/α,β-unsaturated/α-hetero) is 1. The van der Waals surface area contributed by atoms with Crippen LogP contribution in [0.5, 0.6) is 5.75 Å². The molecule has 0 spiro atoms. The summed E-state index contributed by atoms with van der Waals surface area (Å²) in [5, 5.41) is 21.2. The Balaban J connectivity index is 2.12. The molecule has 10 nitrogen and oxygen atoms in total. The Bertz CT molecular complexity index is 1290. The zero-order valence-electron chi connectivity index (χ0n) is 24.4. The second-order valence-electron chi connectivity index (χ2n) is 11.4. The Morgan fingerprint density at radius 3 is 2.39 bits per heavy atom. The average molecular weight is 591 g/mol. The number of hydrogen-bond acceptors (Lipinski definition) is 7. The molecule has 11 heteroatoms. The summed E-state index contributed by atoms with van der Waals surface area (Å²) < 4.78 is 40.9. The van der Waals surface area contributed by atoms with Crippen LogP contribution in [0.2, 0.25) is 0 Å². The highest BCUT2D eigenvalue weighted by Gasteiger charge is 2.44. The Labute approximate surface area is 242 Å². The second kappa shape index (κ2) is 13.8. The molecule has 226 valence electrons. The molecule has 0 saturated carbocycles. The van der Waals surface area contributed by atoms with Crippen molar-refractivity contribution >= 4 is 21.9 Å². The fraction of sp³-hybridized carbons (Fsp3) is 0.533. The highest BCUT2D eigenvalue weighted by atomic mass is 32.2. The number of rotatable bonds is 14. The molecule has 0 unspecified atom stereocenters. The molecule has 2 N–H and O–H groups in total. The van der Waals surface area contributed by atoms with Crippen LogP contribution < -0.4 is 4.74 Å². The molecule has 1 aliphatic rings. The van der Waals surface area contributed by atoms with Crippen molar-refractivity contribution in [2.75, 3.05) is 20.3 Å².